The summed E-state index contributed by atoms with van der Waals surface area (Å²) in [6.07, 6.45) is 0.811. The van der Waals surface area contributed by atoms with E-state index in [-0.39, 0.29) is 22.4 Å². The van der Waals surface area contributed by atoms with Gasteiger partial charge in [-0.05, 0) is 17.3 Å². The second-order valence-electron chi connectivity index (χ2n) is 4.19. The SMILES string of the molecule is PCC(c1ccccc1)C(Cl)(Cl)c1ccccc1.[Ni]. The molecule has 0 saturated heterocycles. The molecule has 0 N–H and O–H groups in total. The first-order chi connectivity index (χ1) is 8.66. The number of alkyl halides is 2. The standard InChI is InChI=1S/C15H15Cl2P.Ni/c16-15(17,13-9-5-2-6-10-13)14(11-18)12-7-3-1-4-8-12;/h1-10,14H,11,18H2;. The molecule has 19 heavy (non-hydrogen) atoms. The van der Waals surface area contributed by atoms with Gasteiger partial charge in [0.25, 0.3) is 0 Å². The summed E-state index contributed by atoms with van der Waals surface area (Å²) in [5.41, 5.74) is 2.09. The molecular formula is C15H15Cl2NiP. The molecule has 0 heterocycles. The van der Waals surface area contributed by atoms with Crippen LogP contribution in [0.15, 0.2) is 60.7 Å². The zero-order valence-corrected chi connectivity index (χ0v) is 13.9. The topological polar surface area (TPSA) is 0 Å². The van der Waals surface area contributed by atoms with Gasteiger partial charge in [-0.3, -0.25) is 0 Å². The molecule has 0 aliphatic carbocycles. The molecule has 2 unspecified atom stereocenters. The first-order valence-electron chi connectivity index (χ1n) is 5.84. The number of rotatable bonds is 4. The summed E-state index contributed by atoms with van der Waals surface area (Å²) in [4.78, 5) is 0. The Morgan fingerprint density at radius 3 is 1.84 bits per heavy atom. The van der Waals surface area contributed by atoms with Crippen molar-refractivity contribution in [2.45, 2.75) is 10.3 Å². The molecule has 0 radical (unpaired) electrons. The van der Waals surface area contributed by atoms with Gasteiger partial charge in [0.15, 0.2) is 0 Å². The summed E-state index contributed by atoms with van der Waals surface area (Å²) >= 11 is 13.2. The minimum absolute atomic E-state index is 0. The third-order valence-electron chi connectivity index (χ3n) is 3.03. The van der Waals surface area contributed by atoms with Gasteiger partial charge in [-0.1, -0.05) is 83.9 Å². The van der Waals surface area contributed by atoms with Crippen LogP contribution in [0.25, 0.3) is 0 Å². The fourth-order valence-electron chi connectivity index (χ4n) is 2.04. The Kier molecular flexibility index (Phi) is 6.85. The van der Waals surface area contributed by atoms with Crippen molar-refractivity contribution in [1.82, 2.24) is 0 Å². The molecule has 0 nitrogen and oxygen atoms in total. The van der Waals surface area contributed by atoms with Gasteiger partial charge in [0.1, 0.15) is 4.33 Å². The minimum atomic E-state index is -0.912. The van der Waals surface area contributed by atoms with E-state index in [9.17, 15) is 0 Å². The Labute approximate surface area is 137 Å². The smallest absolute Gasteiger partial charge is 0.137 e. The van der Waals surface area contributed by atoms with Gasteiger partial charge in [-0.2, -0.15) is 0 Å². The Bertz CT molecular complexity index is 488. The Morgan fingerprint density at radius 1 is 0.895 bits per heavy atom. The van der Waals surface area contributed by atoms with Crippen LogP contribution in [0, 0.1) is 0 Å². The van der Waals surface area contributed by atoms with Crippen molar-refractivity contribution in [2.24, 2.45) is 0 Å². The summed E-state index contributed by atoms with van der Waals surface area (Å²) in [5, 5.41) is 0. The van der Waals surface area contributed by atoms with E-state index in [4.69, 9.17) is 23.2 Å². The van der Waals surface area contributed by atoms with Crippen molar-refractivity contribution in [3.05, 3.63) is 71.8 Å². The molecule has 0 bridgehead atoms. The average Bonchev–Trinajstić information content (AvgIpc) is 2.41. The molecule has 0 aliphatic rings. The number of benzene rings is 2. The molecule has 0 spiro atoms. The molecule has 0 aliphatic heterocycles. The van der Waals surface area contributed by atoms with E-state index in [1.165, 1.54) is 0 Å². The molecule has 104 valence electrons. The maximum atomic E-state index is 6.61. The maximum Gasteiger partial charge on any atom is 0.150 e. The van der Waals surface area contributed by atoms with E-state index in [1.807, 2.05) is 48.5 Å². The van der Waals surface area contributed by atoms with E-state index in [0.29, 0.717) is 0 Å². The first-order valence-corrected chi connectivity index (χ1v) is 7.42. The van der Waals surface area contributed by atoms with E-state index in [2.05, 4.69) is 21.4 Å². The monoisotopic (exact) mass is 354 g/mol. The molecular weight excluding hydrogens is 341 g/mol. The first kappa shape index (κ1) is 17.0. The van der Waals surface area contributed by atoms with Crippen molar-refractivity contribution in [3.63, 3.8) is 0 Å². The van der Waals surface area contributed by atoms with Crippen LogP contribution in [0.5, 0.6) is 0 Å². The van der Waals surface area contributed by atoms with Gasteiger partial charge in [0.2, 0.25) is 0 Å². The summed E-state index contributed by atoms with van der Waals surface area (Å²) in [6.45, 7) is 0. The number of hydrogen-bond donors (Lipinski definition) is 0. The quantitative estimate of drug-likeness (QED) is 0.412. The van der Waals surface area contributed by atoms with E-state index < -0.39 is 4.33 Å². The molecule has 0 fully saturated rings. The van der Waals surface area contributed by atoms with Crippen LogP contribution < -0.4 is 0 Å². The normalized spacial score (nSPS) is 12.6. The van der Waals surface area contributed by atoms with Crippen molar-refractivity contribution >= 4 is 32.4 Å². The van der Waals surface area contributed by atoms with Crippen LogP contribution in [0.2, 0.25) is 0 Å². The fraction of sp³-hybridized carbons (Fsp3) is 0.200. The maximum absolute atomic E-state index is 6.61. The van der Waals surface area contributed by atoms with Crippen molar-refractivity contribution in [3.8, 4) is 0 Å². The number of halogens is 2. The average molecular weight is 356 g/mol. The minimum Gasteiger partial charge on any atom is -0.137 e. The summed E-state index contributed by atoms with van der Waals surface area (Å²) in [7, 11) is 2.74. The third-order valence-corrected chi connectivity index (χ3v) is 4.47. The van der Waals surface area contributed by atoms with E-state index in [0.717, 1.165) is 17.3 Å². The predicted molar refractivity (Wildman–Crippen MR) is 83.6 cm³/mol. The summed E-state index contributed by atoms with van der Waals surface area (Å²) in [6, 6.07) is 20.0. The van der Waals surface area contributed by atoms with Gasteiger partial charge in [0, 0.05) is 22.4 Å². The summed E-state index contributed by atoms with van der Waals surface area (Å²) < 4.78 is -0.912. The second-order valence-corrected chi connectivity index (χ2v) is 6.05. The van der Waals surface area contributed by atoms with Crippen molar-refractivity contribution in [2.75, 3.05) is 6.16 Å². The van der Waals surface area contributed by atoms with Gasteiger partial charge >= 0.3 is 0 Å². The van der Waals surface area contributed by atoms with Crippen LogP contribution in [0.1, 0.15) is 17.0 Å². The second kappa shape index (κ2) is 7.65. The van der Waals surface area contributed by atoms with Gasteiger partial charge in [0.05, 0.1) is 0 Å². The Balaban J connectivity index is 0.00000180. The molecule has 2 aromatic carbocycles. The Morgan fingerprint density at radius 2 is 1.37 bits per heavy atom. The molecule has 0 amide bonds. The van der Waals surface area contributed by atoms with E-state index >= 15 is 0 Å². The Hall–Kier alpha value is -0.0565. The van der Waals surface area contributed by atoms with Crippen molar-refractivity contribution in [1.29, 1.82) is 0 Å². The predicted octanol–water partition coefficient (Wildman–Crippen LogP) is 4.97. The summed E-state index contributed by atoms with van der Waals surface area (Å²) in [5.74, 6) is 0.0504. The fourth-order valence-corrected chi connectivity index (χ4v) is 3.65. The largest absolute Gasteiger partial charge is 0.150 e. The van der Waals surface area contributed by atoms with Crippen molar-refractivity contribution < 1.29 is 16.5 Å². The molecule has 4 heteroatoms. The van der Waals surface area contributed by atoms with E-state index in [1.54, 1.807) is 0 Å². The molecule has 0 saturated carbocycles. The van der Waals surface area contributed by atoms with Crippen LogP contribution >= 0.6 is 32.4 Å². The molecule has 2 aromatic rings. The third kappa shape index (κ3) is 3.96. The molecule has 0 aromatic heterocycles. The van der Waals surface area contributed by atoms with Crippen LogP contribution in [-0.2, 0) is 20.8 Å². The molecule has 2 atom stereocenters. The van der Waals surface area contributed by atoms with Gasteiger partial charge < -0.3 is 0 Å². The zero-order valence-electron chi connectivity index (χ0n) is 10.2. The van der Waals surface area contributed by atoms with Gasteiger partial charge in [-0.25, -0.2) is 0 Å². The van der Waals surface area contributed by atoms with Crippen LogP contribution in [0.3, 0.4) is 0 Å². The number of hydrogen-bond acceptors (Lipinski definition) is 0. The van der Waals surface area contributed by atoms with Gasteiger partial charge in [-0.15, -0.1) is 9.24 Å². The van der Waals surface area contributed by atoms with Crippen LogP contribution in [0.4, 0.5) is 0 Å². The molecule has 2 rings (SSSR count). The zero-order chi connectivity index (χ0) is 13.0. The van der Waals surface area contributed by atoms with Crippen LogP contribution in [-0.4, -0.2) is 6.16 Å².